The fraction of sp³-hybridized carbons (Fsp3) is 0.0417. The van der Waals surface area contributed by atoms with E-state index in [1.165, 1.54) is 17.4 Å². The molecule has 31 heavy (non-hydrogen) atoms. The second kappa shape index (κ2) is 7.94. The number of thiazole rings is 1. The van der Waals surface area contributed by atoms with E-state index in [0.29, 0.717) is 27.4 Å². The summed E-state index contributed by atoms with van der Waals surface area (Å²) >= 11 is 2.99. The number of aromatic nitrogens is 1. The van der Waals surface area contributed by atoms with Crippen molar-refractivity contribution in [2.45, 2.75) is 6.92 Å². The number of hydrogen-bond acceptors (Lipinski definition) is 6. The van der Waals surface area contributed by atoms with Gasteiger partial charge in [-0.05, 0) is 42.6 Å². The van der Waals surface area contributed by atoms with Crippen molar-refractivity contribution in [2.24, 2.45) is 0 Å². The highest BCUT2D eigenvalue weighted by atomic mass is 32.1. The SMILES string of the molecule is Cc1ccc2oc(-c3ccc(C(=O)Nc4nc(-c5cccs5)cs4)cc3)cc(=O)c2c1. The first-order valence-corrected chi connectivity index (χ1v) is 11.3. The second-order valence-corrected chi connectivity index (χ2v) is 8.83. The molecule has 0 aliphatic rings. The highest BCUT2D eigenvalue weighted by molar-refractivity contribution is 7.16. The Hall–Kier alpha value is -3.55. The van der Waals surface area contributed by atoms with Crippen LogP contribution in [0, 0.1) is 6.92 Å². The van der Waals surface area contributed by atoms with Gasteiger partial charge in [-0.1, -0.05) is 29.8 Å². The van der Waals surface area contributed by atoms with Gasteiger partial charge in [0.05, 0.1) is 16.0 Å². The molecular weight excluding hydrogens is 428 g/mol. The summed E-state index contributed by atoms with van der Waals surface area (Å²) in [6, 6.07) is 17.9. The number of hydrogen-bond donors (Lipinski definition) is 1. The van der Waals surface area contributed by atoms with Crippen LogP contribution in [0.5, 0.6) is 0 Å². The van der Waals surface area contributed by atoms with Gasteiger partial charge in [0.15, 0.2) is 10.6 Å². The predicted octanol–water partition coefficient (Wildman–Crippen LogP) is 6.21. The van der Waals surface area contributed by atoms with E-state index in [1.807, 2.05) is 41.9 Å². The average Bonchev–Trinajstić information content (AvgIpc) is 3.46. The van der Waals surface area contributed by atoms with Gasteiger partial charge >= 0.3 is 0 Å². The van der Waals surface area contributed by atoms with Gasteiger partial charge < -0.3 is 4.42 Å². The fourth-order valence-corrected chi connectivity index (χ4v) is 4.70. The summed E-state index contributed by atoms with van der Waals surface area (Å²) in [5.74, 6) is 0.225. The lowest BCUT2D eigenvalue weighted by atomic mass is 10.1. The molecule has 0 atom stereocenters. The molecule has 152 valence electrons. The van der Waals surface area contributed by atoms with Crippen molar-refractivity contribution in [1.29, 1.82) is 0 Å². The molecule has 0 radical (unpaired) electrons. The third-order valence-corrected chi connectivity index (χ3v) is 6.46. The van der Waals surface area contributed by atoms with Crippen LogP contribution in [0.25, 0.3) is 32.9 Å². The number of nitrogens with zero attached hydrogens (tertiary/aromatic N) is 1. The molecule has 0 aliphatic carbocycles. The smallest absolute Gasteiger partial charge is 0.257 e. The van der Waals surface area contributed by atoms with Crippen LogP contribution in [-0.4, -0.2) is 10.9 Å². The van der Waals surface area contributed by atoms with Crippen LogP contribution in [0.2, 0.25) is 0 Å². The molecule has 1 N–H and O–H groups in total. The Labute approximate surface area is 185 Å². The van der Waals surface area contributed by atoms with Crippen LogP contribution < -0.4 is 10.7 Å². The van der Waals surface area contributed by atoms with Crippen molar-refractivity contribution in [2.75, 3.05) is 5.32 Å². The van der Waals surface area contributed by atoms with E-state index in [2.05, 4.69) is 10.3 Å². The zero-order chi connectivity index (χ0) is 21.4. The van der Waals surface area contributed by atoms with Gasteiger partial charge in [0.25, 0.3) is 5.91 Å². The normalized spacial score (nSPS) is 11.0. The molecule has 1 amide bonds. The molecule has 3 heterocycles. The summed E-state index contributed by atoms with van der Waals surface area (Å²) in [6.07, 6.45) is 0. The first-order chi connectivity index (χ1) is 15.1. The van der Waals surface area contributed by atoms with Gasteiger partial charge in [0.2, 0.25) is 0 Å². The molecule has 0 saturated carbocycles. The molecule has 0 unspecified atom stereocenters. The summed E-state index contributed by atoms with van der Waals surface area (Å²) in [5.41, 5.74) is 3.53. The van der Waals surface area contributed by atoms with Crippen LogP contribution in [0.15, 0.2) is 80.6 Å². The quantitative estimate of drug-likeness (QED) is 0.358. The summed E-state index contributed by atoms with van der Waals surface area (Å²) in [5, 5.41) is 7.87. The summed E-state index contributed by atoms with van der Waals surface area (Å²) < 4.78 is 5.91. The lowest BCUT2D eigenvalue weighted by molar-refractivity contribution is 0.102. The zero-order valence-electron chi connectivity index (χ0n) is 16.4. The monoisotopic (exact) mass is 444 g/mol. The Bertz CT molecular complexity index is 1450. The molecule has 0 saturated heterocycles. The molecule has 0 spiro atoms. The first-order valence-electron chi connectivity index (χ1n) is 9.52. The van der Waals surface area contributed by atoms with Crippen molar-refractivity contribution in [3.63, 3.8) is 0 Å². The maximum absolute atomic E-state index is 12.6. The zero-order valence-corrected chi connectivity index (χ0v) is 18.0. The van der Waals surface area contributed by atoms with Crippen molar-refractivity contribution >= 4 is 44.7 Å². The standard InChI is InChI=1S/C24H16N2O3S2/c1-14-4-9-20-17(11-14)19(27)12-21(29-20)15-5-7-16(8-6-15)23(28)26-24-25-18(13-31-24)22-3-2-10-30-22/h2-13H,1H3,(H,25,26,28). The third kappa shape index (κ3) is 3.93. The molecule has 5 rings (SSSR count). The van der Waals surface area contributed by atoms with Gasteiger partial charge in [-0.25, -0.2) is 4.98 Å². The van der Waals surface area contributed by atoms with Crippen molar-refractivity contribution in [3.8, 4) is 21.9 Å². The Morgan fingerprint density at radius 2 is 1.87 bits per heavy atom. The number of thiophene rings is 1. The minimum atomic E-state index is -0.242. The summed E-state index contributed by atoms with van der Waals surface area (Å²) in [4.78, 5) is 30.6. The van der Waals surface area contributed by atoms with E-state index in [9.17, 15) is 9.59 Å². The molecule has 7 heteroatoms. The number of carbonyl (C=O) groups excluding carboxylic acids is 1. The molecule has 2 aromatic carbocycles. The van der Waals surface area contributed by atoms with Gasteiger partial charge in [0.1, 0.15) is 11.3 Å². The van der Waals surface area contributed by atoms with E-state index in [1.54, 1.807) is 41.7 Å². The van der Waals surface area contributed by atoms with Crippen LogP contribution in [0.3, 0.4) is 0 Å². The van der Waals surface area contributed by atoms with E-state index in [0.717, 1.165) is 21.7 Å². The van der Waals surface area contributed by atoms with Crippen molar-refractivity contribution < 1.29 is 9.21 Å². The molecule has 0 bridgehead atoms. The third-order valence-electron chi connectivity index (χ3n) is 4.81. The number of benzene rings is 2. The van der Waals surface area contributed by atoms with E-state index in [-0.39, 0.29) is 11.3 Å². The minimum absolute atomic E-state index is 0.0907. The number of amides is 1. The molecule has 5 aromatic rings. The Kier molecular flexibility index (Phi) is 4.97. The van der Waals surface area contributed by atoms with Crippen LogP contribution in [0.4, 0.5) is 5.13 Å². The predicted molar refractivity (Wildman–Crippen MR) is 126 cm³/mol. The summed E-state index contributed by atoms with van der Waals surface area (Å²) in [6.45, 7) is 1.94. The number of anilines is 1. The molecular formula is C24H16N2O3S2. The minimum Gasteiger partial charge on any atom is -0.456 e. The number of carbonyl (C=O) groups is 1. The lowest BCUT2D eigenvalue weighted by Crippen LogP contribution is -2.11. The highest BCUT2D eigenvalue weighted by Crippen LogP contribution is 2.29. The van der Waals surface area contributed by atoms with Gasteiger partial charge in [-0.3, -0.25) is 14.9 Å². The largest absolute Gasteiger partial charge is 0.456 e. The van der Waals surface area contributed by atoms with Crippen LogP contribution in [-0.2, 0) is 0 Å². The summed E-state index contributed by atoms with van der Waals surface area (Å²) in [7, 11) is 0. The fourth-order valence-electron chi connectivity index (χ4n) is 3.24. The number of aryl methyl sites for hydroxylation is 1. The van der Waals surface area contributed by atoms with Gasteiger partial charge in [0, 0.05) is 22.6 Å². The highest BCUT2D eigenvalue weighted by Gasteiger charge is 2.12. The molecule has 0 fully saturated rings. The molecule has 5 nitrogen and oxygen atoms in total. The molecule has 0 aliphatic heterocycles. The van der Waals surface area contributed by atoms with Gasteiger partial charge in [-0.2, -0.15) is 0 Å². The average molecular weight is 445 g/mol. The van der Waals surface area contributed by atoms with Crippen LogP contribution >= 0.6 is 22.7 Å². The van der Waals surface area contributed by atoms with Crippen molar-refractivity contribution in [1.82, 2.24) is 4.98 Å². The van der Waals surface area contributed by atoms with E-state index in [4.69, 9.17) is 4.42 Å². The van der Waals surface area contributed by atoms with E-state index >= 15 is 0 Å². The lowest BCUT2D eigenvalue weighted by Gasteiger charge is -2.06. The number of fused-ring (bicyclic) bond motifs is 1. The first kappa shape index (κ1) is 19.4. The van der Waals surface area contributed by atoms with Crippen LogP contribution in [0.1, 0.15) is 15.9 Å². The maximum Gasteiger partial charge on any atom is 0.257 e. The van der Waals surface area contributed by atoms with Crippen molar-refractivity contribution in [3.05, 3.63) is 92.8 Å². The Morgan fingerprint density at radius 1 is 1.03 bits per heavy atom. The Balaban J connectivity index is 1.36. The number of nitrogens with one attached hydrogen (secondary N) is 1. The number of rotatable bonds is 4. The topological polar surface area (TPSA) is 72.2 Å². The van der Waals surface area contributed by atoms with Gasteiger partial charge in [-0.15, -0.1) is 22.7 Å². The maximum atomic E-state index is 12.6. The Morgan fingerprint density at radius 3 is 2.65 bits per heavy atom. The van der Waals surface area contributed by atoms with E-state index < -0.39 is 0 Å². The second-order valence-electron chi connectivity index (χ2n) is 7.02. The molecule has 3 aromatic heterocycles.